The SMILES string of the molecule is CC(C)Cc1ccc(C(C)NC(=O)[C@H](N)CC(C)C)cc1. The van der Waals surface area contributed by atoms with Crippen molar-refractivity contribution in [3.63, 3.8) is 0 Å². The van der Waals surface area contributed by atoms with Gasteiger partial charge < -0.3 is 11.1 Å². The predicted octanol–water partition coefficient (Wildman–Crippen LogP) is 3.44. The van der Waals surface area contributed by atoms with Gasteiger partial charge in [0.05, 0.1) is 12.1 Å². The lowest BCUT2D eigenvalue weighted by Gasteiger charge is -2.19. The molecule has 0 heterocycles. The fourth-order valence-corrected chi connectivity index (χ4v) is 2.43. The summed E-state index contributed by atoms with van der Waals surface area (Å²) in [6.07, 6.45) is 1.80. The molecular weight excluding hydrogens is 260 g/mol. The summed E-state index contributed by atoms with van der Waals surface area (Å²) >= 11 is 0. The van der Waals surface area contributed by atoms with Crippen molar-refractivity contribution in [2.75, 3.05) is 0 Å². The molecule has 0 fully saturated rings. The second kappa shape index (κ2) is 8.18. The normalized spacial score (nSPS) is 14.3. The molecule has 0 aromatic heterocycles. The fraction of sp³-hybridized carbons (Fsp3) is 0.611. The molecular formula is C18H30N2O. The zero-order chi connectivity index (χ0) is 16.0. The molecule has 3 N–H and O–H groups in total. The van der Waals surface area contributed by atoms with Crippen molar-refractivity contribution in [2.24, 2.45) is 17.6 Å². The number of hydrogen-bond donors (Lipinski definition) is 2. The molecule has 0 radical (unpaired) electrons. The molecule has 3 nitrogen and oxygen atoms in total. The van der Waals surface area contributed by atoms with Crippen LogP contribution < -0.4 is 11.1 Å². The first kappa shape index (κ1) is 17.7. The zero-order valence-electron chi connectivity index (χ0n) is 14.0. The number of nitrogens with one attached hydrogen (secondary N) is 1. The molecule has 1 aromatic rings. The fourth-order valence-electron chi connectivity index (χ4n) is 2.43. The Balaban J connectivity index is 2.58. The van der Waals surface area contributed by atoms with Crippen LogP contribution in [0.25, 0.3) is 0 Å². The number of amides is 1. The Bertz CT molecular complexity index is 437. The first-order valence-corrected chi connectivity index (χ1v) is 7.94. The Morgan fingerprint density at radius 2 is 1.62 bits per heavy atom. The molecule has 1 aromatic carbocycles. The van der Waals surface area contributed by atoms with Crippen LogP contribution in [0.4, 0.5) is 0 Å². The molecule has 1 rings (SSSR count). The molecule has 2 atom stereocenters. The van der Waals surface area contributed by atoms with E-state index in [4.69, 9.17) is 5.73 Å². The van der Waals surface area contributed by atoms with Gasteiger partial charge in [-0.3, -0.25) is 4.79 Å². The standard InChI is InChI=1S/C18H30N2O/c1-12(2)10-15-6-8-16(9-7-15)14(5)20-18(21)17(19)11-13(3)4/h6-9,12-14,17H,10-11,19H2,1-5H3,(H,20,21)/t14?,17-/m1/s1. The van der Waals surface area contributed by atoms with Crippen molar-refractivity contribution in [1.29, 1.82) is 0 Å². The van der Waals surface area contributed by atoms with Crippen LogP contribution in [0.5, 0.6) is 0 Å². The van der Waals surface area contributed by atoms with Crippen LogP contribution in [0.3, 0.4) is 0 Å². The number of carbonyl (C=O) groups is 1. The predicted molar refractivity (Wildman–Crippen MR) is 89.0 cm³/mol. The molecule has 0 spiro atoms. The number of carbonyl (C=O) groups excluding carboxylic acids is 1. The molecule has 0 aliphatic carbocycles. The van der Waals surface area contributed by atoms with Crippen molar-refractivity contribution in [1.82, 2.24) is 5.32 Å². The molecule has 1 unspecified atom stereocenters. The molecule has 0 aliphatic rings. The van der Waals surface area contributed by atoms with Gasteiger partial charge in [-0.15, -0.1) is 0 Å². The largest absolute Gasteiger partial charge is 0.348 e. The van der Waals surface area contributed by atoms with E-state index in [1.807, 2.05) is 6.92 Å². The molecule has 3 heteroatoms. The van der Waals surface area contributed by atoms with Crippen molar-refractivity contribution in [3.8, 4) is 0 Å². The van der Waals surface area contributed by atoms with E-state index in [2.05, 4.69) is 57.3 Å². The van der Waals surface area contributed by atoms with Crippen LogP contribution in [0.1, 0.15) is 58.2 Å². The van der Waals surface area contributed by atoms with Crippen LogP contribution >= 0.6 is 0 Å². The van der Waals surface area contributed by atoms with Crippen molar-refractivity contribution in [2.45, 2.75) is 59.5 Å². The summed E-state index contributed by atoms with van der Waals surface area (Å²) in [5, 5.41) is 3.00. The van der Waals surface area contributed by atoms with E-state index in [-0.39, 0.29) is 11.9 Å². The molecule has 1 amide bonds. The van der Waals surface area contributed by atoms with Gasteiger partial charge in [0.1, 0.15) is 0 Å². The summed E-state index contributed by atoms with van der Waals surface area (Å²) in [5.74, 6) is 1.01. The first-order valence-electron chi connectivity index (χ1n) is 7.94. The van der Waals surface area contributed by atoms with Gasteiger partial charge in [0.15, 0.2) is 0 Å². The average Bonchev–Trinajstić information content (AvgIpc) is 2.37. The lowest BCUT2D eigenvalue weighted by atomic mass is 9.99. The second-order valence-electron chi connectivity index (χ2n) is 6.81. The van der Waals surface area contributed by atoms with E-state index in [1.54, 1.807) is 0 Å². The molecule has 0 bridgehead atoms. The summed E-state index contributed by atoms with van der Waals surface area (Å²) in [4.78, 5) is 12.0. The molecule has 0 saturated carbocycles. The smallest absolute Gasteiger partial charge is 0.237 e. The van der Waals surface area contributed by atoms with Gasteiger partial charge >= 0.3 is 0 Å². The summed E-state index contributed by atoms with van der Waals surface area (Å²) in [7, 11) is 0. The zero-order valence-corrected chi connectivity index (χ0v) is 14.0. The summed E-state index contributed by atoms with van der Waals surface area (Å²) in [6.45, 7) is 10.6. The Morgan fingerprint density at radius 1 is 1.05 bits per heavy atom. The number of benzene rings is 1. The van der Waals surface area contributed by atoms with Crippen LogP contribution in [0, 0.1) is 11.8 Å². The van der Waals surface area contributed by atoms with E-state index >= 15 is 0 Å². The lowest BCUT2D eigenvalue weighted by molar-refractivity contribution is -0.123. The highest BCUT2D eigenvalue weighted by molar-refractivity contribution is 5.81. The number of rotatable bonds is 7. The molecule has 0 aliphatic heterocycles. The van der Waals surface area contributed by atoms with Gasteiger partial charge in [-0.05, 0) is 42.7 Å². The summed E-state index contributed by atoms with van der Waals surface area (Å²) in [5.41, 5.74) is 8.37. The summed E-state index contributed by atoms with van der Waals surface area (Å²) < 4.78 is 0. The number of hydrogen-bond acceptors (Lipinski definition) is 2. The van der Waals surface area contributed by atoms with Crippen molar-refractivity contribution in [3.05, 3.63) is 35.4 Å². The van der Waals surface area contributed by atoms with Gasteiger partial charge in [0.25, 0.3) is 0 Å². The molecule has 118 valence electrons. The minimum Gasteiger partial charge on any atom is -0.348 e. The third-order valence-electron chi connectivity index (χ3n) is 3.54. The highest BCUT2D eigenvalue weighted by Gasteiger charge is 2.17. The van der Waals surface area contributed by atoms with Gasteiger partial charge in [-0.2, -0.15) is 0 Å². The monoisotopic (exact) mass is 290 g/mol. The Hall–Kier alpha value is -1.35. The minimum absolute atomic E-state index is 0.0104. The Morgan fingerprint density at radius 3 is 2.10 bits per heavy atom. The van der Waals surface area contributed by atoms with Gasteiger partial charge in [-0.1, -0.05) is 52.0 Å². The third-order valence-corrected chi connectivity index (χ3v) is 3.54. The van der Waals surface area contributed by atoms with E-state index in [1.165, 1.54) is 5.56 Å². The van der Waals surface area contributed by atoms with Crippen LogP contribution in [0.2, 0.25) is 0 Å². The molecule has 21 heavy (non-hydrogen) atoms. The maximum absolute atomic E-state index is 12.0. The van der Waals surface area contributed by atoms with E-state index in [9.17, 15) is 4.79 Å². The van der Waals surface area contributed by atoms with Gasteiger partial charge in [0, 0.05) is 0 Å². The molecule has 0 saturated heterocycles. The van der Waals surface area contributed by atoms with E-state index in [0.717, 1.165) is 12.0 Å². The van der Waals surface area contributed by atoms with Gasteiger partial charge in [0.2, 0.25) is 5.91 Å². The second-order valence-corrected chi connectivity index (χ2v) is 6.81. The van der Waals surface area contributed by atoms with Crippen molar-refractivity contribution >= 4 is 5.91 Å². The Kier molecular flexibility index (Phi) is 6.90. The van der Waals surface area contributed by atoms with Crippen LogP contribution in [-0.2, 0) is 11.2 Å². The van der Waals surface area contributed by atoms with E-state index < -0.39 is 6.04 Å². The summed E-state index contributed by atoms with van der Waals surface area (Å²) in [6, 6.07) is 8.04. The van der Waals surface area contributed by atoms with Crippen LogP contribution in [0.15, 0.2) is 24.3 Å². The number of nitrogens with two attached hydrogens (primary N) is 1. The third kappa shape index (κ3) is 6.30. The van der Waals surface area contributed by atoms with Crippen LogP contribution in [-0.4, -0.2) is 11.9 Å². The quantitative estimate of drug-likeness (QED) is 0.808. The topological polar surface area (TPSA) is 55.1 Å². The van der Waals surface area contributed by atoms with Crippen molar-refractivity contribution < 1.29 is 4.79 Å². The van der Waals surface area contributed by atoms with E-state index in [0.29, 0.717) is 18.3 Å². The highest BCUT2D eigenvalue weighted by atomic mass is 16.2. The maximum atomic E-state index is 12.0. The maximum Gasteiger partial charge on any atom is 0.237 e. The highest BCUT2D eigenvalue weighted by Crippen LogP contribution is 2.16. The van der Waals surface area contributed by atoms with Gasteiger partial charge in [-0.25, -0.2) is 0 Å². The Labute approximate surface area is 129 Å². The first-order chi connectivity index (χ1) is 9.79. The average molecular weight is 290 g/mol. The lowest BCUT2D eigenvalue weighted by Crippen LogP contribution is -2.42. The minimum atomic E-state index is -0.423.